The van der Waals surface area contributed by atoms with Crippen LogP contribution >= 0.6 is 0 Å². The fourth-order valence-corrected chi connectivity index (χ4v) is 2.06. The van der Waals surface area contributed by atoms with Gasteiger partial charge in [-0.3, -0.25) is 4.79 Å². The maximum atomic E-state index is 11.1. The average molecular weight is 184 g/mol. The highest BCUT2D eigenvalue weighted by Gasteiger charge is 2.27. The molecule has 0 bridgehead atoms. The van der Waals surface area contributed by atoms with Gasteiger partial charge in [-0.25, -0.2) is 0 Å². The van der Waals surface area contributed by atoms with E-state index in [9.17, 15) is 4.79 Å². The molecule has 0 aromatic heterocycles. The Labute approximate surface area is 80.7 Å². The number of rotatable bonds is 2. The Bertz CT molecular complexity index is 177. The Balaban J connectivity index is 2.38. The van der Waals surface area contributed by atoms with E-state index < -0.39 is 0 Å². The van der Waals surface area contributed by atoms with Crippen molar-refractivity contribution in [3.05, 3.63) is 0 Å². The van der Waals surface area contributed by atoms with Crippen LogP contribution in [0, 0.1) is 11.8 Å². The summed E-state index contributed by atoms with van der Waals surface area (Å²) >= 11 is 0. The first-order valence-corrected chi connectivity index (χ1v) is 5.33. The normalized spacial score (nSPS) is 34.2. The van der Waals surface area contributed by atoms with Crippen LogP contribution in [0.3, 0.4) is 0 Å². The molecule has 1 fully saturated rings. The highest BCUT2D eigenvalue weighted by molar-refractivity contribution is 5.69. The number of esters is 1. The van der Waals surface area contributed by atoms with Crippen LogP contribution in [0.15, 0.2) is 0 Å². The first-order valence-electron chi connectivity index (χ1n) is 5.33. The molecule has 0 N–H and O–H groups in total. The lowest BCUT2D eigenvalue weighted by Crippen LogP contribution is -2.30. The van der Waals surface area contributed by atoms with Crippen molar-refractivity contribution < 1.29 is 9.53 Å². The van der Waals surface area contributed by atoms with Crippen LogP contribution in [0.5, 0.6) is 0 Å². The van der Waals surface area contributed by atoms with E-state index in [1.165, 1.54) is 12.8 Å². The van der Waals surface area contributed by atoms with Gasteiger partial charge in [0.25, 0.3) is 0 Å². The van der Waals surface area contributed by atoms with Crippen molar-refractivity contribution in [1.82, 2.24) is 0 Å². The highest BCUT2D eigenvalue weighted by Crippen LogP contribution is 2.30. The molecule has 0 saturated heterocycles. The molecule has 1 saturated carbocycles. The van der Waals surface area contributed by atoms with E-state index in [1.807, 2.05) is 6.92 Å². The van der Waals surface area contributed by atoms with Crippen molar-refractivity contribution in [2.45, 2.75) is 52.6 Å². The van der Waals surface area contributed by atoms with Crippen molar-refractivity contribution in [2.75, 3.05) is 0 Å². The first kappa shape index (κ1) is 10.6. The van der Waals surface area contributed by atoms with Crippen LogP contribution in [-0.2, 0) is 9.53 Å². The van der Waals surface area contributed by atoms with Gasteiger partial charge in [-0.15, -0.1) is 0 Å². The molecule has 1 aliphatic rings. The predicted octanol–water partition coefficient (Wildman–Crippen LogP) is 2.76. The lowest BCUT2D eigenvalue weighted by Gasteiger charge is -2.31. The van der Waals surface area contributed by atoms with Crippen LogP contribution in [-0.4, -0.2) is 12.1 Å². The molecule has 0 aliphatic heterocycles. The zero-order valence-corrected chi connectivity index (χ0v) is 8.88. The van der Waals surface area contributed by atoms with E-state index >= 15 is 0 Å². The minimum absolute atomic E-state index is 0.0496. The molecule has 0 radical (unpaired) electrons. The van der Waals surface area contributed by atoms with Crippen LogP contribution < -0.4 is 0 Å². The van der Waals surface area contributed by atoms with Crippen LogP contribution in [0.2, 0.25) is 0 Å². The van der Waals surface area contributed by atoms with Crippen molar-refractivity contribution in [1.29, 1.82) is 0 Å². The second-order valence-corrected chi connectivity index (χ2v) is 4.28. The summed E-state index contributed by atoms with van der Waals surface area (Å²) in [6, 6.07) is 0. The van der Waals surface area contributed by atoms with Crippen molar-refractivity contribution in [3.8, 4) is 0 Å². The van der Waals surface area contributed by atoms with E-state index in [0.29, 0.717) is 12.3 Å². The number of carbonyl (C=O) groups is 1. The molecular weight excluding hydrogens is 164 g/mol. The Kier molecular flexibility index (Phi) is 3.76. The van der Waals surface area contributed by atoms with Gasteiger partial charge in [0, 0.05) is 6.42 Å². The van der Waals surface area contributed by atoms with E-state index in [4.69, 9.17) is 4.74 Å². The standard InChI is InChI=1S/C11H20O2/c1-4-11(12)13-10-6-5-8(2)7-9(10)3/h8-10H,4-7H2,1-3H3. The molecule has 3 atom stereocenters. The summed E-state index contributed by atoms with van der Waals surface area (Å²) in [5.74, 6) is 1.29. The third kappa shape index (κ3) is 3.02. The van der Waals surface area contributed by atoms with Crippen LogP contribution in [0.4, 0.5) is 0 Å². The Morgan fingerprint density at radius 2 is 2.08 bits per heavy atom. The van der Waals surface area contributed by atoms with Crippen molar-refractivity contribution >= 4 is 5.97 Å². The number of hydrogen-bond donors (Lipinski definition) is 0. The Morgan fingerprint density at radius 1 is 1.38 bits per heavy atom. The monoisotopic (exact) mass is 184 g/mol. The van der Waals surface area contributed by atoms with Gasteiger partial charge in [-0.05, 0) is 31.1 Å². The summed E-state index contributed by atoms with van der Waals surface area (Å²) in [7, 11) is 0. The van der Waals surface area contributed by atoms with Crippen molar-refractivity contribution in [2.24, 2.45) is 11.8 Å². The second kappa shape index (κ2) is 4.64. The molecule has 1 aliphatic carbocycles. The third-order valence-corrected chi connectivity index (χ3v) is 2.92. The summed E-state index contributed by atoms with van der Waals surface area (Å²) in [6.45, 7) is 6.30. The van der Waals surface area contributed by atoms with E-state index in [1.54, 1.807) is 0 Å². The molecular formula is C11H20O2. The number of hydrogen-bond acceptors (Lipinski definition) is 2. The minimum Gasteiger partial charge on any atom is -0.462 e. The van der Waals surface area contributed by atoms with Gasteiger partial charge in [-0.1, -0.05) is 20.8 Å². The summed E-state index contributed by atoms with van der Waals surface area (Å²) < 4.78 is 5.36. The number of ether oxygens (including phenoxy) is 1. The molecule has 1 rings (SSSR count). The summed E-state index contributed by atoms with van der Waals surface area (Å²) in [6.07, 6.45) is 4.13. The zero-order valence-electron chi connectivity index (χ0n) is 8.88. The van der Waals surface area contributed by atoms with Crippen LogP contribution in [0.1, 0.15) is 46.5 Å². The molecule has 2 nitrogen and oxygen atoms in total. The Hall–Kier alpha value is -0.530. The molecule has 0 spiro atoms. The topological polar surface area (TPSA) is 26.3 Å². The van der Waals surface area contributed by atoms with Gasteiger partial charge in [0.2, 0.25) is 0 Å². The van der Waals surface area contributed by atoms with Gasteiger partial charge in [-0.2, -0.15) is 0 Å². The molecule has 0 amide bonds. The van der Waals surface area contributed by atoms with E-state index in [2.05, 4.69) is 13.8 Å². The average Bonchev–Trinajstić information content (AvgIpc) is 2.09. The molecule has 2 heteroatoms. The summed E-state index contributed by atoms with van der Waals surface area (Å²) in [5.41, 5.74) is 0. The van der Waals surface area contributed by atoms with Gasteiger partial charge in [0.1, 0.15) is 6.10 Å². The smallest absolute Gasteiger partial charge is 0.305 e. The fourth-order valence-electron chi connectivity index (χ4n) is 2.06. The summed E-state index contributed by atoms with van der Waals surface area (Å²) in [4.78, 5) is 11.1. The maximum absolute atomic E-state index is 11.1. The second-order valence-electron chi connectivity index (χ2n) is 4.28. The molecule has 0 aromatic carbocycles. The van der Waals surface area contributed by atoms with Gasteiger partial charge < -0.3 is 4.74 Å². The predicted molar refractivity (Wildman–Crippen MR) is 52.4 cm³/mol. The number of carbonyl (C=O) groups excluding carboxylic acids is 1. The first-order chi connectivity index (χ1) is 6.13. The van der Waals surface area contributed by atoms with E-state index in [-0.39, 0.29) is 12.1 Å². The van der Waals surface area contributed by atoms with E-state index in [0.717, 1.165) is 12.3 Å². The SMILES string of the molecule is CCC(=O)OC1CCC(C)CC1C. The molecule has 3 unspecified atom stereocenters. The lowest BCUT2D eigenvalue weighted by atomic mass is 9.81. The third-order valence-electron chi connectivity index (χ3n) is 2.92. The Morgan fingerprint density at radius 3 is 2.62 bits per heavy atom. The lowest BCUT2D eigenvalue weighted by molar-refractivity contribution is -0.153. The maximum Gasteiger partial charge on any atom is 0.305 e. The highest BCUT2D eigenvalue weighted by atomic mass is 16.5. The van der Waals surface area contributed by atoms with Crippen LogP contribution in [0.25, 0.3) is 0 Å². The minimum atomic E-state index is -0.0496. The quantitative estimate of drug-likeness (QED) is 0.617. The molecule has 13 heavy (non-hydrogen) atoms. The zero-order chi connectivity index (χ0) is 9.84. The molecule has 0 aromatic rings. The molecule has 0 heterocycles. The fraction of sp³-hybridized carbons (Fsp3) is 0.909. The van der Waals surface area contributed by atoms with Gasteiger partial charge in [0.05, 0.1) is 0 Å². The molecule has 76 valence electrons. The van der Waals surface area contributed by atoms with Crippen molar-refractivity contribution in [3.63, 3.8) is 0 Å². The van der Waals surface area contributed by atoms with Gasteiger partial charge >= 0.3 is 5.97 Å². The summed E-state index contributed by atoms with van der Waals surface area (Å²) in [5, 5.41) is 0. The largest absolute Gasteiger partial charge is 0.462 e. The van der Waals surface area contributed by atoms with Gasteiger partial charge in [0.15, 0.2) is 0 Å².